The quantitative estimate of drug-likeness (QED) is 0.772. The predicted molar refractivity (Wildman–Crippen MR) is 95.6 cm³/mol. The Morgan fingerprint density at radius 1 is 1.12 bits per heavy atom. The van der Waals surface area contributed by atoms with Crippen molar-refractivity contribution in [1.29, 1.82) is 0 Å². The summed E-state index contributed by atoms with van der Waals surface area (Å²) in [7, 11) is -2.99. The van der Waals surface area contributed by atoms with E-state index in [0.29, 0.717) is 19.0 Å². The first kappa shape index (κ1) is 16.9. The number of anilines is 1. The molecule has 3 rings (SSSR count). The number of hydrogen-bond acceptors (Lipinski definition) is 5. The monoisotopic (exact) mass is 345 g/mol. The largest absolute Gasteiger partial charge is 0.336 e. The van der Waals surface area contributed by atoms with Crippen LogP contribution in [0.1, 0.15) is 24.0 Å². The predicted octanol–water partition coefficient (Wildman–Crippen LogP) is 2.62. The lowest BCUT2D eigenvalue weighted by Crippen LogP contribution is -2.34. The Hall–Kier alpha value is -1.95. The molecule has 1 aliphatic carbocycles. The van der Waals surface area contributed by atoms with Crippen LogP contribution in [-0.2, 0) is 16.4 Å². The van der Waals surface area contributed by atoms with Gasteiger partial charge in [-0.1, -0.05) is 29.8 Å². The van der Waals surface area contributed by atoms with Crippen LogP contribution in [0.25, 0.3) is 0 Å². The van der Waals surface area contributed by atoms with E-state index in [9.17, 15) is 8.42 Å². The molecule has 0 atom stereocenters. The van der Waals surface area contributed by atoms with Crippen molar-refractivity contribution in [2.24, 2.45) is 5.41 Å². The third kappa shape index (κ3) is 4.54. The molecule has 5 nitrogen and oxygen atoms in total. The van der Waals surface area contributed by atoms with Crippen LogP contribution in [0, 0.1) is 12.3 Å². The summed E-state index contributed by atoms with van der Waals surface area (Å²) in [4.78, 5) is 10.8. The Kier molecular flexibility index (Phi) is 4.58. The van der Waals surface area contributed by atoms with Gasteiger partial charge in [-0.2, -0.15) is 0 Å². The van der Waals surface area contributed by atoms with E-state index in [-0.39, 0.29) is 11.2 Å². The van der Waals surface area contributed by atoms with E-state index >= 15 is 0 Å². The minimum Gasteiger partial charge on any atom is -0.336 e. The number of nitrogens with zero attached hydrogens (tertiary/aromatic N) is 3. The summed E-state index contributed by atoms with van der Waals surface area (Å²) < 4.78 is 23.5. The zero-order valence-electron chi connectivity index (χ0n) is 14.1. The van der Waals surface area contributed by atoms with Crippen LogP contribution in [0.15, 0.2) is 42.7 Å². The molecule has 2 aromatic rings. The van der Waals surface area contributed by atoms with E-state index in [0.717, 1.165) is 12.8 Å². The average molecular weight is 345 g/mol. The maximum absolute atomic E-state index is 11.8. The summed E-state index contributed by atoms with van der Waals surface area (Å²) in [5, 5.41) is 0. The first-order valence-corrected chi connectivity index (χ1v) is 10.2. The van der Waals surface area contributed by atoms with E-state index in [4.69, 9.17) is 0 Å². The molecule has 0 spiro atoms. The highest BCUT2D eigenvalue weighted by Gasteiger charge is 2.46. The highest BCUT2D eigenvalue weighted by Crippen LogP contribution is 2.47. The van der Waals surface area contributed by atoms with E-state index in [2.05, 4.69) is 46.1 Å². The normalized spacial score (nSPS) is 15.9. The first-order chi connectivity index (χ1) is 11.4. The Bertz CT molecular complexity index is 785. The zero-order chi connectivity index (χ0) is 17.2. The van der Waals surface area contributed by atoms with Crippen LogP contribution >= 0.6 is 0 Å². The highest BCUT2D eigenvalue weighted by atomic mass is 32.2. The number of aromatic nitrogens is 2. The van der Waals surface area contributed by atoms with E-state index < -0.39 is 9.84 Å². The molecule has 0 amide bonds. The average Bonchev–Trinajstić information content (AvgIpc) is 3.27. The molecule has 6 heteroatoms. The van der Waals surface area contributed by atoms with Crippen molar-refractivity contribution in [3.05, 3.63) is 53.9 Å². The second-order valence-electron chi connectivity index (χ2n) is 6.96. The van der Waals surface area contributed by atoms with Crippen LogP contribution in [-0.4, -0.2) is 36.9 Å². The maximum Gasteiger partial charge on any atom is 0.225 e. The highest BCUT2D eigenvalue weighted by molar-refractivity contribution is 7.90. The van der Waals surface area contributed by atoms with E-state index in [1.165, 1.54) is 17.4 Å². The number of benzene rings is 1. The molecular formula is C18H23N3O2S. The molecule has 1 heterocycles. The summed E-state index contributed by atoms with van der Waals surface area (Å²) in [6.45, 7) is 3.40. The molecular weight excluding hydrogens is 322 g/mol. The van der Waals surface area contributed by atoms with Gasteiger partial charge in [-0.15, -0.1) is 0 Å². The maximum atomic E-state index is 11.8. The Labute approximate surface area is 143 Å². The zero-order valence-corrected chi connectivity index (χ0v) is 15.0. The lowest BCUT2D eigenvalue weighted by atomic mass is 10.1. The Morgan fingerprint density at radius 3 is 2.29 bits per heavy atom. The van der Waals surface area contributed by atoms with Gasteiger partial charge in [-0.05, 0) is 31.4 Å². The molecule has 1 aromatic carbocycles. The second kappa shape index (κ2) is 6.51. The first-order valence-electron chi connectivity index (χ1n) is 8.11. The standard InChI is InChI=1S/C18H23N3O2S/c1-15-4-6-16(7-5-15)12-21(17-19-10-3-11-20-17)13-18(8-9-18)14-24(2,22)23/h3-7,10-11H,8-9,12-14H2,1-2H3. The minimum atomic E-state index is -2.99. The molecule has 0 radical (unpaired) electrons. The van der Waals surface area contributed by atoms with Gasteiger partial charge in [0.2, 0.25) is 5.95 Å². The fraction of sp³-hybridized carbons (Fsp3) is 0.444. The third-order valence-corrected chi connectivity index (χ3v) is 5.52. The molecule has 0 bridgehead atoms. The van der Waals surface area contributed by atoms with Gasteiger partial charge in [-0.25, -0.2) is 18.4 Å². The summed E-state index contributed by atoms with van der Waals surface area (Å²) in [5.41, 5.74) is 2.23. The molecule has 0 N–H and O–H groups in total. The molecule has 0 saturated heterocycles. The van der Waals surface area contributed by atoms with Gasteiger partial charge in [-0.3, -0.25) is 0 Å². The number of aryl methyl sites for hydroxylation is 1. The third-order valence-electron chi connectivity index (χ3n) is 4.38. The summed E-state index contributed by atoms with van der Waals surface area (Å²) in [5.74, 6) is 0.884. The van der Waals surface area contributed by atoms with E-state index in [1.807, 2.05) is 0 Å². The van der Waals surface area contributed by atoms with Crippen molar-refractivity contribution < 1.29 is 8.42 Å². The molecule has 128 valence electrons. The number of rotatable bonds is 7. The van der Waals surface area contributed by atoms with Gasteiger partial charge >= 0.3 is 0 Å². The summed E-state index contributed by atoms with van der Waals surface area (Å²) >= 11 is 0. The Morgan fingerprint density at radius 2 is 1.75 bits per heavy atom. The minimum absolute atomic E-state index is 0.155. The van der Waals surface area contributed by atoms with Crippen molar-refractivity contribution in [2.75, 3.05) is 23.5 Å². The van der Waals surface area contributed by atoms with Gasteiger partial charge in [0.15, 0.2) is 0 Å². The molecule has 1 aliphatic rings. The Balaban J connectivity index is 1.82. The van der Waals surface area contributed by atoms with Crippen molar-refractivity contribution in [3.8, 4) is 0 Å². The summed E-state index contributed by atoms with van der Waals surface area (Å²) in [6.07, 6.45) is 6.65. The fourth-order valence-electron chi connectivity index (χ4n) is 3.05. The smallest absolute Gasteiger partial charge is 0.225 e. The number of hydrogen-bond donors (Lipinski definition) is 0. The van der Waals surface area contributed by atoms with Crippen molar-refractivity contribution in [2.45, 2.75) is 26.3 Å². The van der Waals surface area contributed by atoms with E-state index in [1.54, 1.807) is 18.5 Å². The van der Waals surface area contributed by atoms with Crippen molar-refractivity contribution in [3.63, 3.8) is 0 Å². The lowest BCUT2D eigenvalue weighted by molar-refractivity contribution is 0.524. The van der Waals surface area contributed by atoms with Crippen LogP contribution in [0.2, 0.25) is 0 Å². The summed E-state index contributed by atoms with van der Waals surface area (Å²) in [6, 6.07) is 10.2. The van der Waals surface area contributed by atoms with Crippen molar-refractivity contribution >= 4 is 15.8 Å². The SMILES string of the molecule is Cc1ccc(CN(CC2(CS(C)(=O)=O)CC2)c2ncccn2)cc1. The van der Waals surface area contributed by atoms with Crippen LogP contribution in [0.5, 0.6) is 0 Å². The van der Waals surface area contributed by atoms with Crippen LogP contribution in [0.3, 0.4) is 0 Å². The fourth-order valence-corrected chi connectivity index (χ4v) is 4.54. The molecule has 1 fully saturated rings. The van der Waals surface area contributed by atoms with Gasteiger partial charge in [0, 0.05) is 37.2 Å². The van der Waals surface area contributed by atoms with Crippen molar-refractivity contribution in [1.82, 2.24) is 9.97 Å². The molecule has 1 saturated carbocycles. The molecule has 0 aliphatic heterocycles. The van der Waals surface area contributed by atoms with Gasteiger partial charge < -0.3 is 4.90 Å². The van der Waals surface area contributed by atoms with Gasteiger partial charge in [0.25, 0.3) is 0 Å². The number of sulfone groups is 1. The molecule has 1 aromatic heterocycles. The second-order valence-corrected chi connectivity index (χ2v) is 9.10. The van der Waals surface area contributed by atoms with Gasteiger partial charge in [0.05, 0.1) is 5.75 Å². The van der Waals surface area contributed by atoms with Crippen LogP contribution < -0.4 is 4.90 Å². The lowest BCUT2D eigenvalue weighted by Gasteiger charge is -2.27. The van der Waals surface area contributed by atoms with Gasteiger partial charge in [0.1, 0.15) is 9.84 Å². The molecule has 24 heavy (non-hydrogen) atoms. The van der Waals surface area contributed by atoms with Crippen LogP contribution in [0.4, 0.5) is 5.95 Å². The topological polar surface area (TPSA) is 63.2 Å². The molecule has 0 unspecified atom stereocenters.